The molecule has 6 rings (SSSR count). The van der Waals surface area contributed by atoms with E-state index in [1.165, 1.54) is 11.3 Å². The van der Waals surface area contributed by atoms with E-state index in [1.807, 2.05) is 73.7 Å². The molecule has 1 aliphatic rings. The predicted molar refractivity (Wildman–Crippen MR) is 198 cm³/mol. The lowest BCUT2D eigenvalue weighted by Crippen LogP contribution is -2.40. The SMILES string of the molecule is CCOc1ccc([C@H]2C(C(=O)Nc3ccccc3)=C(C)N=c3s/c(=C\c4cc(Br)c(OCc5ccc(Cl)c(Cl)c5)c(OC)c4)c(=O)n32)cc1. The highest BCUT2D eigenvalue weighted by Crippen LogP contribution is 2.38. The number of halogens is 3. The van der Waals surface area contributed by atoms with Gasteiger partial charge in [-0.25, -0.2) is 4.99 Å². The Balaban J connectivity index is 1.39. The number of anilines is 1. The second-order valence-electron chi connectivity index (χ2n) is 11.0. The van der Waals surface area contributed by atoms with Gasteiger partial charge in [0.2, 0.25) is 0 Å². The number of benzene rings is 4. The molecule has 0 saturated carbocycles. The Hall–Kier alpha value is -4.35. The molecule has 250 valence electrons. The van der Waals surface area contributed by atoms with E-state index < -0.39 is 6.04 Å². The van der Waals surface area contributed by atoms with Crippen molar-refractivity contribution in [2.24, 2.45) is 4.99 Å². The summed E-state index contributed by atoms with van der Waals surface area (Å²) in [6.07, 6.45) is 1.78. The molecule has 1 atom stereocenters. The number of nitrogens with zero attached hydrogens (tertiary/aromatic N) is 2. The van der Waals surface area contributed by atoms with Crippen molar-refractivity contribution in [3.8, 4) is 17.2 Å². The summed E-state index contributed by atoms with van der Waals surface area (Å²) >= 11 is 17.1. The van der Waals surface area contributed by atoms with Gasteiger partial charge >= 0.3 is 0 Å². The molecule has 12 heteroatoms. The molecule has 0 fully saturated rings. The number of hydrogen-bond donors (Lipinski definition) is 1. The van der Waals surface area contributed by atoms with Crippen LogP contribution in [0.4, 0.5) is 5.69 Å². The summed E-state index contributed by atoms with van der Waals surface area (Å²) in [6.45, 7) is 4.45. The van der Waals surface area contributed by atoms with Gasteiger partial charge in [-0.15, -0.1) is 0 Å². The van der Waals surface area contributed by atoms with Crippen LogP contribution in [0.5, 0.6) is 17.2 Å². The molecule has 2 heterocycles. The van der Waals surface area contributed by atoms with Crippen LogP contribution in [-0.2, 0) is 11.4 Å². The molecule has 4 aromatic carbocycles. The topological polar surface area (TPSA) is 91.2 Å². The Morgan fingerprint density at radius 2 is 1.78 bits per heavy atom. The highest BCUT2D eigenvalue weighted by molar-refractivity contribution is 9.10. The van der Waals surface area contributed by atoms with E-state index >= 15 is 0 Å². The summed E-state index contributed by atoms with van der Waals surface area (Å²) < 4.78 is 20.1. The average molecular weight is 780 g/mol. The van der Waals surface area contributed by atoms with Crippen LogP contribution in [-0.4, -0.2) is 24.2 Å². The summed E-state index contributed by atoms with van der Waals surface area (Å²) in [5.74, 6) is 1.31. The van der Waals surface area contributed by atoms with E-state index in [2.05, 4.69) is 21.2 Å². The molecular formula is C37H30BrCl2N3O5S. The van der Waals surface area contributed by atoms with Gasteiger partial charge in [0.25, 0.3) is 11.5 Å². The maximum Gasteiger partial charge on any atom is 0.271 e. The second kappa shape index (κ2) is 15.0. The standard InChI is InChI=1S/C37H30BrCl2N3O5S/c1-4-47-26-13-11-24(12-14-26)33-32(35(44)42-25-8-6-5-7-9-25)21(2)41-37-43(33)36(45)31(49-37)19-23-16-27(38)34(30(18-23)46-3)48-20-22-10-15-28(39)29(40)17-22/h5-19,33H,4,20H2,1-3H3,(H,42,44)/b31-19-/t33-/m0/s1. The van der Waals surface area contributed by atoms with Crippen molar-refractivity contribution in [1.82, 2.24) is 4.57 Å². The van der Waals surface area contributed by atoms with Gasteiger partial charge in [-0.1, -0.05) is 70.9 Å². The molecule has 0 bridgehead atoms. The lowest BCUT2D eigenvalue weighted by atomic mass is 9.95. The van der Waals surface area contributed by atoms with Crippen LogP contribution in [0.25, 0.3) is 6.08 Å². The van der Waals surface area contributed by atoms with Crippen molar-refractivity contribution in [1.29, 1.82) is 0 Å². The lowest BCUT2D eigenvalue weighted by Gasteiger charge is -2.25. The maximum absolute atomic E-state index is 14.2. The number of rotatable bonds is 10. The fraction of sp³-hybridized carbons (Fsp3) is 0.162. The molecule has 5 aromatic rings. The van der Waals surface area contributed by atoms with Crippen molar-refractivity contribution >= 4 is 68.1 Å². The van der Waals surface area contributed by atoms with Crippen LogP contribution in [0.15, 0.2) is 110 Å². The van der Waals surface area contributed by atoms with Crippen LogP contribution < -0.4 is 34.4 Å². The van der Waals surface area contributed by atoms with E-state index in [1.54, 1.807) is 42.9 Å². The molecule has 0 radical (unpaired) electrons. The van der Waals surface area contributed by atoms with Crippen molar-refractivity contribution in [3.05, 3.63) is 147 Å². The number of allylic oxidation sites excluding steroid dienone is 1. The number of methoxy groups -OCH3 is 1. The van der Waals surface area contributed by atoms with Crippen LogP contribution in [0.1, 0.15) is 36.6 Å². The minimum absolute atomic E-state index is 0.231. The molecule has 49 heavy (non-hydrogen) atoms. The largest absolute Gasteiger partial charge is 0.494 e. The van der Waals surface area contributed by atoms with Crippen molar-refractivity contribution in [2.45, 2.75) is 26.5 Å². The Morgan fingerprint density at radius 3 is 2.47 bits per heavy atom. The quantitative estimate of drug-likeness (QED) is 0.156. The van der Waals surface area contributed by atoms with Crippen LogP contribution in [0, 0.1) is 0 Å². The van der Waals surface area contributed by atoms with Crippen molar-refractivity contribution in [3.63, 3.8) is 0 Å². The van der Waals surface area contributed by atoms with Gasteiger partial charge in [-0.05, 0) is 101 Å². The first-order valence-corrected chi connectivity index (χ1v) is 17.6. The van der Waals surface area contributed by atoms with E-state index in [0.717, 1.165) is 11.1 Å². The molecule has 1 amide bonds. The number of amides is 1. The predicted octanol–water partition coefficient (Wildman–Crippen LogP) is 7.93. The Labute approximate surface area is 305 Å². The maximum atomic E-state index is 14.2. The van der Waals surface area contributed by atoms with E-state index in [4.69, 9.17) is 42.4 Å². The van der Waals surface area contributed by atoms with E-state index in [-0.39, 0.29) is 18.1 Å². The smallest absolute Gasteiger partial charge is 0.271 e. The monoisotopic (exact) mass is 777 g/mol. The summed E-state index contributed by atoms with van der Waals surface area (Å²) in [5.41, 5.74) is 3.54. The normalized spacial score (nSPS) is 14.2. The van der Waals surface area contributed by atoms with Gasteiger partial charge in [-0.2, -0.15) is 0 Å². The van der Waals surface area contributed by atoms with Gasteiger partial charge in [0, 0.05) is 5.69 Å². The van der Waals surface area contributed by atoms with Gasteiger partial charge in [0.1, 0.15) is 12.4 Å². The third kappa shape index (κ3) is 7.47. The minimum atomic E-state index is -0.726. The molecule has 0 aliphatic carbocycles. The zero-order valence-electron chi connectivity index (χ0n) is 26.6. The van der Waals surface area contributed by atoms with Crippen molar-refractivity contribution in [2.75, 3.05) is 19.0 Å². The molecule has 1 aromatic heterocycles. The molecule has 0 unspecified atom stereocenters. The number of thiazole rings is 1. The molecule has 1 N–H and O–H groups in total. The lowest BCUT2D eigenvalue weighted by molar-refractivity contribution is -0.113. The molecule has 1 aliphatic heterocycles. The highest BCUT2D eigenvalue weighted by Gasteiger charge is 2.32. The Bertz CT molecular complexity index is 2250. The first-order valence-electron chi connectivity index (χ1n) is 15.2. The summed E-state index contributed by atoms with van der Waals surface area (Å²) in [6, 6.07) is 24.8. The third-order valence-electron chi connectivity index (χ3n) is 7.72. The second-order valence-corrected chi connectivity index (χ2v) is 13.7. The van der Waals surface area contributed by atoms with Crippen molar-refractivity contribution < 1.29 is 19.0 Å². The first-order chi connectivity index (χ1) is 23.7. The number of ether oxygens (including phenoxy) is 3. The van der Waals surface area contributed by atoms with E-state index in [0.29, 0.717) is 70.2 Å². The summed E-state index contributed by atoms with van der Waals surface area (Å²) in [7, 11) is 1.55. The average Bonchev–Trinajstić information content (AvgIpc) is 3.39. The van der Waals surface area contributed by atoms with Gasteiger partial charge in [0.15, 0.2) is 16.3 Å². The van der Waals surface area contributed by atoms with Gasteiger partial charge in [-0.3, -0.25) is 14.2 Å². The Morgan fingerprint density at radius 1 is 1.02 bits per heavy atom. The first kappa shape index (κ1) is 34.5. The number of para-hydroxylation sites is 1. The zero-order valence-corrected chi connectivity index (χ0v) is 30.5. The number of carbonyl (C=O) groups is 1. The fourth-order valence-electron chi connectivity index (χ4n) is 5.46. The van der Waals surface area contributed by atoms with Gasteiger partial charge < -0.3 is 19.5 Å². The molecule has 0 spiro atoms. The van der Waals surface area contributed by atoms with Crippen LogP contribution >= 0.6 is 50.5 Å². The number of nitrogens with one attached hydrogen (secondary N) is 1. The summed E-state index contributed by atoms with van der Waals surface area (Å²) in [5, 5.41) is 3.88. The highest BCUT2D eigenvalue weighted by atomic mass is 79.9. The minimum Gasteiger partial charge on any atom is -0.494 e. The van der Waals surface area contributed by atoms with Crippen LogP contribution in [0.3, 0.4) is 0 Å². The fourth-order valence-corrected chi connectivity index (χ4v) is 7.40. The molecule has 8 nitrogen and oxygen atoms in total. The van der Waals surface area contributed by atoms with E-state index in [9.17, 15) is 9.59 Å². The number of aromatic nitrogens is 1. The summed E-state index contributed by atoms with van der Waals surface area (Å²) in [4.78, 5) is 33.3. The Kier molecular flexibility index (Phi) is 10.6. The zero-order chi connectivity index (χ0) is 34.7. The molecular weight excluding hydrogens is 749 g/mol. The number of hydrogen-bond acceptors (Lipinski definition) is 7. The van der Waals surface area contributed by atoms with Gasteiger partial charge in [0.05, 0.1) is 50.1 Å². The third-order valence-corrected chi connectivity index (χ3v) is 10.0. The molecule has 0 saturated heterocycles. The number of fused-ring (bicyclic) bond motifs is 1. The van der Waals surface area contributed by atoms with Crippen LogP contribution in [0.2, 0.25) is 10.0 Å². The number of carbonyl (C=O) groups excluding carboxylic acids is 1.